The molecule has 3 aliphatic heterocycles. The Labute approximate surface area is 380 Å². The van der Waals surface area contributed by atoms with Crippen LogP contribution in [0.4, 0.5) is 10.2 Å². The van der Waals surface area contributed by atoms with Crippen LogP contribution in [0.25, 0.3) is 10.6 Å². The van der Waals surface area contributed by atoms with Gasteiger partial charge in [-0.2, -0.15) is 0 Å². The number of nitrogens with two attached hydrogens (primary N) is 1. The summed E-state index contributed by atoms with van der Waals surface area (Å²) in [6, 6.07) is 3.25. The normalized spacial score (nSPS) is 38.0. The molecule has 2 bridgehead atoms. The first-order chi connectivity index (χ1) is 29.0. The second-order valence-corrected chi connectivity index (χ2v) is 19.7. The van der Waals surface area contributed by atoms with Gasteiger partial charge < -0.3 is 44.6 Å². The number of halogens is 2. The summed E-state index contributed by atoms with van der Waals surface area (Å²) in [5.41, 5.74) is 1.46. The molecule has 2 aromatic rings. The number of carbonyl (C=O) groups is 3. The lowest BCUT2D eigenvalue weighted by atomic mass is 9.70. The Morgan fingerprint density at radius 2 is 1.87 bits per heavy atom. The molecule has 0 aromatic carbocycles. The number of pyridine rings is 1. The number of cyclic esters (lactones) is 1. The number of fused-ring (bicyclic) bond motifs is 5. The molecule has 19 heteroatoms. The van der Waals surface area contributed by atoms with Gasteiger partial charge in [-0.3, -0.25) is 14.6 Å². The van der Waals surface area contributed by atoms with Crippen molar-refractivity contribution in [3.05, 3.63) is 29.4 Å². The number of thiazole rings is 1. The van der Waals surface area contributed by atoms with Gasteiger partial charge in [-0.25, -0.2) is 19.2 Å². The van der Waals surface area contributed by atoms with Gasteiger partial charge in [-0.15, -0.1) is 11.3 Å². The number of anilines is 1. The van der Waals surface area contributed by atoms with Crippen molar-refractivity contribution >= 4 is 68.8 Å². The van der Waals surface area contributed by atoms with E-state index < -0.39 is 80.9 Å². The van der Waals surface area contributed by atoms with Crippen LogP contribution < -0.4 is 5.73 Å². The average molecular weight is 1000 g/mol. The first kappa shape index (κ1) is 50.0. The summed E-state index contributed by atoms with van der Waals surface area (Å²) in [6.07, 6.45) is -1.53. The van der Waals surface area contributed by atoms with E-state index in [1.54, 1.807) is 54.1 Å². The molecular weight excluding hydrogens is 938 g/mol. The van der Waals surface area contributed by atoms with Crippen LogP contribution in [0.15, 0.2) is 33.9 Å². The third kappa shape index (κ3) is 11.2. The van der Waals surface area contributed by atoms with E-state index >= 15 is 4.39 Å². The van der Waals surface area contributed by atoms with Gasteiger partial charge in [0.25, 0.3) is 5.67 Å². The minimum absolute atomic E-state index is 0.00810. The lowest BCUT2D eigenvalue weighted by Gasteiger charge is -2.47. The van der Waals surface area contributed by atoms with Gasteiger partial charge in [0, 0.05) is 47.2 Å². The Hall–Kier alpha value is -3.05. The SMILES string of the molecule is CCC(=O)/N=C1\[C@H](C)C[C@@]2(C)OC/C(=N/OCc3ccc(-c4nc(N)cs4)cn3)CC[C@H]([C@H]1C)[C@](C)(O)[C@@H](I)OC(=O)[C@@](C)(F)C(=O)[C@H](C)[C@H]2O[C@@H]1O[C@H](C)C[C@H](N(C)C)[C@H]1O. The van der Waals surface area contributed by atoms with Crippen molar-refractivity contribution in [3.8, 4) is 10.6 Å². The number of alkyl halides is 2. The molecule has 3 saturated heterocycles. The van der Waals surface area contributed by atoms with E-state index in [0.29, 0.717) is 29.4 Å². The minimum atomic E-state index is -3.19. The van der Waals surface area contributed by atoms with Crippen LogP contribution in [0.3, 0.4) is 0 Å². The maximum absolute atomic E-state index is 16.8. The average Bonchev–Trinajstić information content (AvgIpc) is 3.65. The smallest absolute Gasteiger partial charge is 0.352 e. The molecular formula is C43H62FIN6O10S. The third-order valence-electron chi connectivity index (χ3n) is 12.4. The number of likely N-dealkylation sites (N-methyl/N-ethyl adjacent to an activating group) is 1. The Morgan fingerprint density at radius 3 is 2.48 bits per heavy atom. The highest BCUT2D eigenvalue weighted by Crippen LogP contribution is 2.43. The maximum atomic E-state index is 16.8. The van der Waals surface area contributed by atoms with Gasteiger partial charge in [-0.05, 0) is 114 Å². The third-order valence-corrected chi connectivity index (χ3v) is 14.9. The summed E-state index contributed by atoms with van der Waals surface area (Å²) in [4.78, 5) is 62.6. The maximum Gasteiger partial charge on any atom is 0.352 e. The Kier molecular flexibility index (Phi) is 16.4. The van der Waals surface area contributed by atoms with Crippen molar-refractivity contribution < 1.29 is 52.8 Å². The predicted octanol–water partition coefficient (Wildman–Crippen LogP) is 5.70. The number of amides is 1. The zero-order chi connectivity index (χ0) is 45.9. The molecule has 16 nitrogen and oxygen atoms in total. The summed E-state index contributed by atoms with van der Waals surface area (Å²) in [6.45, 7) is 12.5. The summed E-state index contributed by atoms with van der Waals surface area (Å²) >= 11 is 3.15. The summed E-state index contributed by atoms with van der Waals surface area (Å²) in [5.74, 6) is -5.96. The van der Waals surface area contributed by atoms with Gasteiger partial charge >= 0.3 is 5.97 Å². The molecule has 5 heterocycles. The highest BCUT2D eigenvalue weighted by molar-refractivity contribution is 14.1. The first-order valence-corrected chi connectivity index (χ1v) is 23.2. The van der Waals surface area contributed by atoms with Crippen molar-refractivity contribution in [3.63, 3.8) is 0 Å². The van der Waals surface area contributed by atoms with Crippen molar-refractivity contribution in [2.24, 2.45) is 33.8 Å². The van der Waals surface area contributed by atoms with Crippen LogP contribution in [-0.2, 0) is 44.8 Å². The number of nitrogen functional groups attached to an aromatic ring is 1. The number of Topliss-reactive ketones (excluding diaryl/α,β-unsaturated/α-hetero) is 1. The number of carbonyl (C=O) groups excluding carboxylic acids is 3. The van der Waals surface area contributed by atoms with E-state index in [-0.39, 0.29) is 50.9 Å². The molecule has 1 amide bonds. The van der Waals surface area contributed by atoms with Crippen molar-refractivity contribution in [2.75, 3.05) is 26.4 Å². The number of hydrogen-bond donors (Lipinski definition) is 3. The van der Waals surface area contributed by atoms with Gasteiger partial charge in [0.1, 0.15) is 22.5 Å². The molecule has 4 N–H and O–H groups in total. The molecule has 62 heavy (non-hydrogen) atoms. The van der Waals surface area contributed by atoms with Gasteiger partial charge in [0.2, 0.25) is 5.91 Å². The number of aromatic nitrogens is 2. The molecule has 5 rings (SSSR count). The molecule has 2 aromatic heterocycles. The fraction of sp³-hybridized carbons (Fsp3) is 0.698. The monoisotopic (exact) mass is 1000 g/mol. The molecule has 344 valence electrons. The standard InChI is InChI=1S/C43H62FIN6O10S/c1-11-32(52)49-33-22(2)17-41(6)36(60-38-34(53)30(51(9)10)16-23(3)59-38)25(5)35(54)42(7,44)40(55)61-39(45)43(8,56)29(24(33)4)15-14-28(19-57-41)50-58-20-27-13-12-26(18-47-27)37-48-31(46)21-62-37/h12-13,18,21-25,29-30,34,36,38-39,53,56H,11,14-17,19-20,46H2,1-10H3/b49-33+,50-28+/t22-,23-,24-,25+,29-,30+,34-,36-,38+,39+,41-,42+,43+/m1/s1. The van der Waals surface area contributed by atoms with Gasteiger partial charge in [-0.1, -0.05) is 32.9 Å². The first-order valence-electron chi connectivity index (χ1n) is 21.0. The zero-order valence-corrected chi connectivity index (χ0v) is 40.1. The topological polar surface area (TPSA) is 218 Å². The molecule has 0 aliphatic carbocycles. The van der Waals surface area contributed by atoms with Crippen LogP contribution in [0, 0.1) is 23.7 Å². The number of esters is 1. The van der Waals surface area contributed by atoms with Crippen LogP contribution in [0.5, 0.6) is 0 Å². The van der Waals surface area contributed by atoms with Crippen molar-refractivity contribution in [1.29, 1.82) is 0 Å². The second-order valence-electron chi connectivity index (χ2n) is 17.7. The van der Waals surface area contributed by atoms with E-state index in [4.69, 9.17) is 29.5 Å². The number of aliphatic hydroxyl groups is 2. The van der Waals surface area contributed by atoms with Gasteiger partial charge in [0.05, 0.1) is 35.8 Å². The molecule has 0 saturated carbocycles. The molecule has 0 radical (unpaired) electrons. The Balaban J connectivity index is 1.64. The minimum Gasteiger partial charge on any atom is -0.446 e. The summed E-state index contributed by atoms with van der Waals surface area (Å²) in [5, 5.41) is 31.0. The number of aliphatic imine (C=N–C) groups is 1. The van der Waals surface area contributed by atoms with Crippen LogP contribution >= 0.6 is 33.9 Å². The summed E-state index contributed by atoms with van der Waals surface area (Å²) in [7, 11) is 3.65. The number of hydrogen-bond acceptors (Lipinski definition) is 16. The Bertz CT molecular complexity index is 1970. The predicted molar refractivity (Wildman–Crippen MR) is 240 cm³/mol. The highest BCUT2D eigenvalue weighted by Gasteiger charge is 2.56. The fourth-order valence-corrected chi connectivity index (χ4v) is 10.2. The quantitative estimate of drug-likeness (QED) is 0.0951. The van der Waals surface area contributed by atoms with E-state index in [1.165, 1.54) is 25.2 Å². The molecule has 0 spiro atoms. The van der Waals surface area contributed by atoms with Crippen LogP contribution in [-0.4, -0.2) is 126 Å². The highest BCUT2D eigenvalue weighted by atomic mass is 127. The molecule has 0 unspecified atom stereocenters. The number of ketones is 1. The zero-order valence-electron chi connectivity index (χ0n) is 37.2. The number of aliphatic hydroxyl groups excluding tert-OH is 1. The van der Waals surface area contributed by atoms with Crippen LogP contribution in [0.2, 0.25) is 0 Å². The van der Waals surface area contributed by atoms with E-state index in [2.05, 4.69) is 20.1 Å². The van der Waals surface area contributed by atoms with E-state index in [0.717, 1.165) is 17.5 Å². The molecule has 13 atom stereocenters. The van der Waals surface area contributed by atoms with Gasteiger partial charge in [0.15, 0.2) is 22.8 Å². The van der Waals surface area contributed by atoms with Crippen molar-refractivity contribution in [1.82, 2.24) is 14.9 Å². The van der Waals surface area contributed by atoms with E-state index in [9.17, 15) is 24.6 Å². The number of nitrogens with zero attached hydrogens (tertiary/aromatic N) is 5. The Morgan fingerprint density at radius 1 is 1.16 bits per heavy atom. The largest absolute Gasteiger partial charge is 0.446 e. The molecule has 3 fully saturated rings. The van der Waals surface area contributed by atoms with Crippen LogP contribution in [0.1, 0.15) is 93.2 Å². The number of oxime groups is 1. The molecule has 3 aliphatic rings. The number of ether oxygens (including phenoxy) is 4. The van der Waals surface area contributed by atoms with E-state index in [1.807, 2.05) is 45.8 Å². The lowest BCUT2D eigenvalue weighted by Crippen LogP contribution is -2.61. The fourth-order valence-electron chi connectivity index (χ4n) is 8.82. The number of rotatable bonds is 8. The lowest BCUT2D eigenvalue weighted by molar-refractivity contribution is -0.296. The summed E-state index contributed by atoms with van der Waals surface area (Å²) < 4.78 is 40.9. The second kappa shape index (κ2) is 20.4. The van der Waals surface area contributed by atoms with Crippen molar-refractivity contribution in [2.45, 2.75) is 146 Å².